The van der Waals surface area contributed by atoms with Crippen molar-refractivity contribution >= 4 is 23.2 Å². The summed E-state index contributed by atoms with van der Waals surface area (Å²) in [5, 5.41) is 1.38. The first kappa shape index (κ1) is 12.4. The third-order valence-electron chi connectivity index (χ3n) is 2.59. The first-order valence-electron chi connectivity index (χ1n) is 5.18. The van der Waals surface area contributed by atoms with Gasteiger partial charge in [0.05, 0.1) is 6.04 Å². The second-order valence-corrected chi connectivity index (χ2v) is 4.52. The van der Waals surface area contributed by atoms with Gasteiger partial charge in [0.1, 0.15) is 0 Å². The topological polar surface area (TPSA) is 38.0 Å². The summed E-state index contributed by atoms with van der Waals surface area (Å²) in [7, 11) is 0. The van der Waals surface area contributed by atoms with Crippen LogP contribution in [0.4, 0.5) is 0 Å². The zero-order valence-corrected chi connectivity index (χ0v) is 10.5. The summed E-state index contributed by atoms with van der Waals surface area (Å²) in [6.45, 7) is 0. The average Bonchev–Trinajstić information content (AvgIpc) is 2.35. The molecule has 2 aromatic carbocycles. The first-order chi connectivity index (χ1) is 8.22. The Labute approximate surface area is 110 Å². The lowest BCUT2D eigenvalue weighted by Crippen LogP contribution is -2.29. The fraction of sp³-hybridized carbons (Fsp3) is 0.0769. The van der Waals surface area contributed by atoms with Crippen LogP contribution in [-0.2, 0) is 0 Å². The van der Waals surface area contributed by atoms with Crippen LogP contribution in [0.3, 0.4) is 0 Å². The van der Waals surface area contributed by atoms with Gasteiger partial charge in [-0.2, -0.15) is 0 Å². The smallest absolute Gasteiger partial charge is 0.0724 e. The molecule has 4 heteroatoms. The van der Waals surface area contributed by atoms with Crippen LogP contribution in [0.25, 0.3) is 0 Å². The van der Waals surface area contributed by atoms with Gasteiger partial charge in [0.15, 0.2) is 0 Å². The van der Waals surface area contributed by atoms with E-state index in [-0.39, 0.29) is 6.04 Å². The lowest BCUT2D eigenvalue weighted by atomic mass is 9.99. The van der Waals surface area contributed by atoms with Crippen LogP contribution in [0.2, 0.25) is 10.0 Å². The highest BCUT2D eigenvalue weighted by atomic mass is 35.5. The quantitative estimate of drug-likeness (QED) is 0.659. The number of nitrogens with two attached hydrogens (primary N) is 1. The molecule has 0 unspecified atom stereocenters. The van der Waals surface area contributed by atoms with E-state index in [4.69, 9.17) is 29.0 Å². The maximum Gasteiger partial charge on any atom is 0.0724 e. The zero-order chi connectivity index (χ0) is 12.3. The van der Waals surface area contributed by atoms with Gasteiger partial charge in [-0.05, 0) is 29.3 Å². The number of halogens is 2. The molecule has 0 aromatic heterocycles. The highest BCUT2D eigenvalue weighted by Gasteiger charge is 2.14. The maximum absolute atomic E-state index is 6.16. The maximum atomic E-state index is 6.16. The Kier molecular flexibility index (Phi) is 4.02. The van der Waals surface area contributed by atoms with Gasteiger partial charge in [0, 0.05) is 10.0 Å². The van der Waals surface area contributed by atoms with Crippen molar-refractivity contribution in [2.24, 2.45) is 5.84 Å². The molecule has 17 heavy (non-hydrogen) atoms. The normalized spacial score (nSPS) is 12.4. The molecule has 88 valence electrons. The Morgan fingerprint density at radius 2 is 1.59 bits per heavy atom. The Morgan fingerprint density at radius 1 is 0.941 bits per heavy atom. The van der Waals surface area contributed by atoms with Gasteiger partial charge in [-0.3, -0.25) is 5.84 Å². The fourth-order valence-corrected chi connectivity index (χ4v) is 2.10. The fourth-order valence-electron chi connectivity index (χ4n) is 1.73. The third kappa shape index (κ3) is 2.79. The predicted octanol–water partition coefficient (Wildman–Crippen LogP) is 3.55. The molecule has 0 saturated heterocycles. The molecule has 0 fully saturated rings. The van der Waals surface area contributed by atoms with Crippen LogP contribution in [0.1, 0.15) is 17.2 Å². The molecule has 2 nitrogen and oxygen atoms in total. The van der Waals surface area contributed by atoms with Crippen molar-refractivity contribution < 1.29 is 0 Å². The zero-order valence-electron chi connectivity index (χ0n) is 9.03. The molecular formula is C13H12Cl2N2. The van der Waals surface area contributed by atoms with Crippen molar-refractivity contribution in [2.45, 2.75) is 6.04 Å². The Morgan fingerprint density at radius 3 is 2.18 bits per heavy atom. The molecule has 3 N–H and O–H groups in total. The lowest BCUT2D eigenvalue weighted by Gasteiger charge is -2.18. The Balaban J connectivity index is 2.40. The second kappa shape index (κ2) is 5.52. The highest BCUT2D eigenvalue weighted by Crippen LogP contribution is 2.28. The summed E-state index contributed by atoms with van der Waals surface area (Å²) in [5.74, 6) is 5.60. The van der Waals surface area contributed by atoms with E-state index >= 15 is 0 Å². The number of hydrazine groups is 1. The summed E-state index contributed by atoms with van der Waals surface area (Å²) in [5.41, 5.74) is 4.73. The van der Waals surface area contributed by atoms with E-state index in [0.29, 0.717) is 10.0 Å². The Bertz CT molecular complexity index is 497. The van der Waals surface area contributed by atoms with Crippen LogP contribution in [-0.4, -0.2) is 0 Å². The Hall–Kier alpha value is -1.06. The van der Waals surface area contributed by atoms with Gasteiger partial charge >= 0.3 is 0 Å². The van der Waals surface area contributed by atoms with Gasteiger partial charge < -0.3 is 0 Å². The number of benzene rings is 2. The van der Waals surface area contributed by atoms with Crippen molar-refractivity contribution in [1.82, 2.24) is 5.43 Å². The van der Waals surface area contributed by atoms with Crippen molar-refractivity contribution in [3.8, 4) is 0 Å². The number of nitrogens with one attached hydrogen (secondary N) is 1. The molecule has 1 atom stereocenters. The monoisotopic (exact) mass is 266 g/mol. The molecule has 0 heterocycles. The van der Waals surface area contributed by atoms with E-state index < -0.39 is 0 Å². The van der Waals surface area contributed by atoms with Gasteiger partial charge in [-0.25, -0.2) is 5.43 Å². The van der Waals surface area contributed by atoms with E-state index in [2.05, 4.69) is 5.43 Å². The molecule has 0 saturated carbocycles. The third-order valence-corrected chi connectivity index (χ3v) is 3.18. The minimum Gasteiger partial charge on any atom is -0.271 e. The van der Waals surface area contributed by atoms with Crippen molar-refractivity contribution in [2.75, 3.05) is 0 Å². The number of hydrogen-bond acceptors (Lipinski definition) is 2. The molecule has 0 aliphatic carbocycles. The van der Waals surface area contributed by atoms with E-state index in [1.54, 1.807) is 0 Å². The number of hydrogen-bond donors (Lipinski definition) is 2. The average molecular weight is 267 g/mol. The van der Waals surface area contributed by atoms with Gasteiger partial charge in [0.25, 0.3) is 0 Å². The molecule has 0 radical (unpaired) electrons. The van der Waals surface area contributed by atoms with Gasteiger partial charge in [-0.15, -0.1) is 0 Å². The molecule has 0 aliphatic heterocycles. The van der Waals surface area contributed by atoms with Crippen molar-refractivity contribution in [3.63, 3.8) is 0 Å². The molecule has 0 aliphatic rings. The molecule has 0 amide bonds. The molecule has 0 spiro atoms. The molecule has 2 aromatic rings. The van der Waals surface area contributed by atoms with Gasteiger partial charge in [0.2, 0.25) is 0 Å². The SMILES string of the molecule is NN[C@@H](c1ccc(Cl)cc1)c1ccccc1Cl. The lowest BCUT2D eigenvalue weighted by molar-refractivity contribution is 0.637. The molecular weight excluding hydrogens is 255 g/mol. The molecule has 2 rings (SSSR count). The summed E-state index contributed by atoms with van der Waals surface area (Å²) in [6.07, 6.45) is 0. The molecule has 0 bridgehead atoms. The van der Waals surface area contributed by atoms with E-state index in [1.165, 1.54) is 0 Å². The standard InChI is InChI=1S/C13H12Cl2N2/c14-10-7-5-9(6-8-10)13(17-16)11-3-1-2-4-12(11)15/h1-8,13,17H,16H2/t13-/m0/s1. The minimum absolute atomic E-state index is 0.138. The largest absolute Gasteiger partial charge is 0.271 e. The highest BCUT2D eigenvalue weighted by molar-refractivity contribution is 6.31. The van der Waals surface area contributed by atoms with Crippen LogP contribution in [0, 0.1) is 0 Å². The van der Waals surface area contributed by atoms with E-state index in [0.717, 1.165) is 11.1 Å². The van der Waals surface area contributed by atoms with Crippen molar-refractivity contribution in [1.29, 1.82) is 0 Å². The summed E-state index contributed by atoms with van der Waals surface area (Å²) in [6, 6.07) is 15.0. The van der Waals surface area contributed by atoms with Crippen LogP contribution < -0.4 is 11.3 Å². The van der Waals surface area contributed by atoms with Gasteiger partial charge in [-0.1, -0.05) is 53.5 Å². The predicted molar refractivity (Wildman–Crippen MR) is 72.1 cm³/mol. The minimum atomic E-state index is -0.138. The first-order valence-corrected chi connectivity index (χ1v) is 5.94. The number of rotatable bonds is 3. The van der Waals surface area contributed by atoms with Crippen LogP contribution in [0.5, 0.6) is 0 Å². The summed E-state index contributed by atoms with van der Waals surface area (Å²) < 4.78 is 0. The van der Waals surface area contributed by atoms with E-state index in [9.17, 15) is 0 Å². The van der Waals surface area contributed by atoms with Crippen LogP contribution >= 0.6 is 23.2 Å². The van der Waals surface area contributed by atoms with Crippen molar-refractivity contribution in [3.05, 3.63) is 69.7 Å². The van der Waals surface area contributed by atoms with Crippen LogP contribution in [0.15, 0.2) is 48.5 Å². The summed E-state index contributed by atoms with van der Waals surface area (Å²) in [4.78, 5) is 0. The summed E-state index contributed by atoms with van der Waals surface area (Å²) >= 11 is 12.0. The second-order valence-electron chi connectivity index (χ2n) is 3.67. The van der Waals surface area contributed by atoms with E-state index in [1.807, 2.05) is 48.5 Å².